The van der Waals surface area contributed by atoms with E-state index in [9.17, 15) is 5.26 Å². The Hall–Kier alpha value is -3.34. The summed E-state index contributed by atoms with van der Waals surface area (Å²) in [6.07, 6.45) is 1.12. The minimum absolute atomic E-state index is 0.485. The molecule has 1 saturated heterocycles. The molecule has 178 valence electrons. The molecule has 3 aromatic rings. The number of fused-ring (bicyclic) bond motifs is 1. The van der Waals surface area contributed by atoms with E-state index in [4.69, 9.17) is 20.2 Å². The summed E-state index contributed by atoms with van der Waals surface area (Å²) < 4.78 is 12.1. The molecule has 0 unspecified atom stereocenters. The van der Waals surface area contributed by atoms with E-state index >= 15 is 0 Å². The summed E-state index contributed by atoms with van der Waals surface area (Å²) in [4.78, 5) is 9.92. The number of hydrogen-bond acceptors (Lipinski definition) is 7. The average Bonchev–Trinajstić information content (AvgIpc) is 3.03. The first kappa shape index (κ1) is 23.8. The minimum atomic E-state index is 0.485. The third kappa shape index (κ3) is 5.24. The van der Waals surface area contributed by atoms with E-state index in [1.807, 2.05) is 32.0 Å². The SMILES string of the molecule is CCOc1cc(C#N)cc(OCC)c1-c1cc2ccc(N)cc2nc1CN1CCCN(C)CC1. The first-order chi connectivity index (χ1) is 16.5. The van der Waals surface area contributed by atoms with Gasteiger partial charge in [0.05, 0.1) is 41.6 Å². The van der Waals surface area contributed by atoms with Crippen LogP contribution in [0.3, 0.4) is 0 Å². The number of hydrogen-bond donors (Lipinski definition) is 1. The molecule has 0 radical (unpaired) electrons. The van der Waals surface area contributed by atoms with Crippen molar-refractivity contribution in [3.63, 3.8) is 0 Å². The maximum Gasteiger partial charge on any atom is 0.132 e. The minimum Gasteiger partial charge on any atom is -0.493 e. The molecule has 4 rings (SSSR count). The Bertz CT molecular complexity index is 1180. The zero-order valence-corrected chi connectivity index (χ0v) is 20.3. The molecule has 1 fully saturated rings. The Labute approximate surface area is 201 Å². The van der Waals surface area contributed by atoms with E-state index in [-0.39, 0.29) is 0 Å². The number of pyridine rings is 1. The highest BCUT2D eigenvalue weighted by molar-refractivity contribution is 5.90. The van der Waals surface area contributed by atoms with E-state index in [0.29, 0.717) is 42.5 Å². The van der Waals surface area contributed by atoms with Crippen LogP contribution in [0.1, 0.15) is 31.5 Å². The maximum absolute atomic E-state index is 9.57. The molecular weight excluding hydrogens is 426 g/mol. The van der Waals surface area contributed by atoms with Crippen molar-refractivity contribution >= 4 is 16.6 Å². The number of nitriles is 1. The second kappa shape index (κ2) is 10.7. The fraction of sp³-hybridized carbons (Fsp3) is 0.407. The van der Waals surface area contributed by atoms with Gasteiger partial charge in [0.15, 0.2) is 0 Å². The molecule has 2 N–H and O–H groups in total. The summed E-state index contributed by atoms with van der Waals surface area (Å²) in [5.41, 5.74) is 10.9. The zero-order valence-electron chi connectivity index (χ0n) is 20.3. The van der Waals surface area contributed by atoms with Crippen molar-refractivity contribution in [3.05, 3.63) is 47.7 Å². The van der Waals surface area contributed by atoms with Gasteiger partial charge >= 0.3 is 0 Å². The highest BCUT2D eigenvalue weighted by Gasteiger charge is 2.22. The van der Waals surface area contributed by atoms with Crippen LogP contribution in [0, 0.1) is 11.3 Å². The number of nitrogens with two attached hydrogens (primary N) is 1. The summed E-state index contributed by atoms with van der Waals surface area (Å²) in [6, 6.07) is 13.8. The number of likely N-dealkylation sites (N-methyl/N-ethyl adjacent to an activating group) is 1. The number of anilines is 1. The highest BCUT2D eigenvalue weighted by atomic mass is 16.5. The van der Waals surface area contributed by atoms with Gasteiger partial charge < -0.3 is 20.1 Å². The molecule has 1 aromatic heterocycles. The molecule has 0 bridgehead atoms. The quantitative estimate of drug-likeness (QED) is 0.527. The smallest absolute Gasteiger partial charge is 0.132 e. The van der Waals surface area contributed by atoms with Gasteiger partial charge in [0.25, 0.3) is 0 Å². The predicted octanol–water partition coefficient (Wildman–Crippen LogP) is 4.29. The molecule has 0 atom stereocenters. The van der Waals surface area contributed by atoms with E-state index in [0.717, 1.165) is 60.3 Å². The third-order valence-corrected chi connectivity index (χ3v) is 6.17. The summed E-state index contributed by atoms with van der Waals surface area (Å²) in [5.74, 6) is 1.27. The standard InChI is InChI=1S/C27H33N5O2/c1-4-33-25-13-19(17-28)14-26(34-5-2)27(25)22-15-20-7-8-21(29)16-23(20)30-24(22)18-32-10-6-9-31(3)11-12-32/h7-8,13-16H,4-6,9-12,18,29H2,1-3H3. The van der Waals surface area contributed by atoms with Crippen LogP contribution in [0.15, 0.2) is 36.4 Å². The molecule has 2 aromatic carbocycles. The lowest BCUT2D eigenvalue weighted by Gasteiger charge is -2.23. The third-order valence-electron chi connectivity index (χ3n) is 6.17. The lowest BCUT2D eigenvalue weighted by molar-refractivity contribution is 0.267. The molecule has 7 nitrogen and oxygen atoms in total. The van der Waals surface area contributed by atoms with Crippen LogP contribution in [-0.2, 0) is 6.54 Å². The number of nitrogens with zero attached hydrogens (tertiary/aromatic N) is 4. The molecule has 34 heavy (non-hydrogen) atoms. The molecule has 0 amide bonds. The van der Waals surface area contributed by atoms with Crippen LogP contribution in [0.4, 0.5) is 5.69 Å². The first-order valence-corrected chi connectivity index (χ1v) is 12.0. The Morgan fingerprint density at radius 2 is 1.74 bits per heavy atom. The molecule has 0 saturated carbocycles. The van der Waals surface area contributed by atoms with E-state index in [1.54, 1.807) is 12.1 Å². The van der Waals surface area contributed by atoms with Gasteiger partial charge in [-0.15, -0.1) is 0 Å². The van der Waals surface area contributed by atoms with Gasteiger partial charge in [-0.2, -0.15) is 5.26 Å². The van der Waals surface area contributed by atoms with Crippen LogP contribution in [-0.4, -0.2) is 61.2 Å². The van der Waals surface area contributed by atoms with Gasteiger partial charge in [0.2, 0.25) is 0 Å². The number of benzene rings is 2. The van der Waals surface area contributed by atoms with Gasteiger partial charge in [-0.05, 0) is 70.7 Å². The molecule has 2 heterocycles. The Morgan fingerprint density at radius 1 is 1.00 bits per heavy atom. The van der Waals surface area contributed by atoms with Crippen LogP contribution < -0.4 is 15.2 Å². The van der Waals surface area contributed by atoms with Crippen LogP contribution in [0.2, 0.25) is 0 Å². The van der Waals surface area contributed by atoms with Crippen LogP contribution in [0.5, 0.6) is 11.5 Å². The van der Waals surface area contributed by atoms with Crippen molar-refractivity contribution in [2.45, 2.75) is 26.8 Å². The Morgan fingerprint density at radius 3 is 2.41 bits per heavy atom. The molecular formula is C27H33N5O2. The van der Waals surface area contributed by atoms with Gasteiger partial charge in [0.1, 0.15) is 11.5 Å². The van der Waals surface area contributed by atoms with Crippen molar-refractivity contribution in [2.24, 2.45) is 0 Å². The number of ether oxygens (including phenoxy) is 2. The topological polar surface area (TPSA) is 87.6 Å². The number of aromatic nitrogens is 1. The average molecular weight is 460 g/mol. The Balaban J connectivity index is 1.91. The van der Waals surface area contributed by atoms with E-state index < -0.39 is 0 Å². The van der Waals surface area contributed by atoms with Gasteiger partial charge in [-0.25, -0.2) is 0 Å². The summed E-state index contributed by atoms with van der Waals surface area (Å²) in [6.45, 7) is 9.70. The fourth-order valence-electron chi connectivity index (χ4n) is 4.49. The van der Waals surface area contributed by atoms with Crippen LogP contribution in [0.25, 0.3) is 22.0 Å². The second-order valence-electron chi connectivity index (χ2n) is 8.69. The monoisotopic (exact) mass is 459 g/mol. The molecule has 0 spiro atoms. The Kier molecular flexibility index (Phi) is 7.51. The van der Waals surface area contributed by atoms with Crippen molar-refractivity contribution < 1.29 is 9.47 Å². The van der Waals surface area contributed by atoms with Crippen molar-refractivity contribution in [1.29, 1.82) is 5.26 Å². The molecule has 7 heteroatoms. The van der Waals surface area contributed by atoms with Gasteiger partial charge in [-0.1, -0.05) is 6.07 Å². The van der Waals surface area contributed by atoms with Crippen molar-refractivity contribution in [1.82, 2.24) is 14.8 Å². The van der Waals surface area contributed by atoms with Crippen molar-refractivity contribution in [3.8, 4) is 28.7 Å². The molecule has 0 aliphatic carbocycles. The number of nitrogen functional groups attached to an aromatic ring is 1. The molecule has 1 aliphatic rings. The zero-order chi connectivity index (χ0) is 24.1. The predicted molar refractivity (Wildman–Crippen MR) is 136 cm³/mol. The number of rotatable bonds is 7. The maximum atomic E-state index is 9.57. The normalized spacial score (nSPS) is 15.1. The van der Waals surface area contributed by atoms with E-state index in [1.165, 1.54) is 0 Å². The van der Waals surface area contributed by atoms with Gasteiger partial charge in [0, 0.05) is 36.3 Å². The van der Waals surface area contributed by atoms with E-state index in [2.05, 4.69) is 29.0 Å². The summed E-state index contributed by atoms with van der Waals surface area (Å²) in [7, 11) is 2.17. The highest BCUT2D eigenvalue weighted by Crippen LogP contribution is 2.42. The molecule has 1 aliphatic heterocycles. The van der Waals surface area contributed by atoms with Crippen LogP contribution >= 0.6 is 0 Å². The lowest BCUT2D eigenvalue weighted by atomic mass is 9.97. The van der Waals surface area contributed by atoms with Gasteiger partial charge in [-0.3, -0.25) is 9.88 Å². The first-order valence-electron chi connectivity index (χ1n) is 12.0. The largest absolute Gasteiger partial charge is 0.493 e. The summed E-state index contributed by atoms with van der Waals surface area (Å²) in [5, 5.41) is 10.6. The van der Waals surface area contributed by atoms with Crippen molar-refractivity contribution in [2.75, 3.05) is 52.2 Å². The fourth-order valence-corrected chi connectivity index (χ4v) is 4.49. The lowest BCUT2D eigenvalue weighted by Crippen LogP contribution is -2.29. The second-order valence-corrected chi connectivity index (χ2v) is 8.69. The summed E-state index contributed by atoms with van der Waals surface area (Å²) >= 11 is 0.